The van der Waals surface area contributed by atoms with Gasteiger partial charge in [0.15, 0.2) is 5.96 Å². The summed E-state index contributed by atoms with van der Waals surface area (Å²) in [6, 6.07) is 5.83. The maximum atomic E-state index is 12.2. The number of hydrogen-bond acceptors (Lipinski definition) is 3. The third-order valence-corrected chi connectivity index (χ3v) is 3.82. The first-order valence-corrected chi connectivity index (χ1v) is 9.19. The fourth-order valence-electron chi connectivity index (χ4n) is 2.28. The van der Waals surface area contributed by atoms with Gasteiger partial charge in [-0.05, 0) is 37.8 Å². The molecule has 0 fully saturated rings. The molecule has 148 valence electrons. The van der Waals surface area contributed by atoms with Crippen molar-refractivity contribution in [1.29, 1.82) is 0 Å². The van der Waals surface area contributed by atoms with E-state index in [0.29, 0.717) is 18.4 Å². The molecule has 0 aliphatic rings. The number of aromatic nitrogens is 1. The largest absolute Gasteiger partial charge is 0.357 e. The van der Waals surface area contributed by atoms with Crippen LogP contribution in [0.25, 0.3) is 0 Å². The standard InChI is InChI=1S/C19H33N5O.HI/c1-5-20-19(22-13-8-9-16(2)3)23-15-18(25)24(4)14-11-17-10-6-7-12-21-17;/h6-7,10,12,16H,5,8-9,11,13-15H2,1-4H3,(H2,20,22,23);1H. The summed E-state index contributed by atoms with van der Waals surface area (Å²) in [5.41, 5.74) is 0.991. The van der Waals surface area contributed by atoms with Crippen LogP contribution in [0.15, 0.2) is 29.4 Å². The highest BCUT2D eigenvalue weighted by atomic mass is 127. The van der Waals surface area contributed by atoms with Crippen LogP contribution in [0.1, 0.15) is 39.3 Å². The summed E-state index contributed by atoms with van der Waals surface area (Å²) in [6.07, 6.45) is 4.80. The van der Waals surface area contributed by atoms with E-state index in [-0.39, 0.29) is 36.4 Å². The van der Waals surface area contributed by atoms with Crippen LogP contribution in [-0.4, -0.2) is 55.0 Å². The summed E-state index contributed by atoms with van der Waals surface area (Å²) < 4.78 is 0. The summed E-state index contributed by atoms with van der Waals surface area (Å²) in [4.78, 5) is 22.6. The Hall–Kier alpha value is -1.38. The van der Waals surface area contributed by atoms with Crippen molar-refractivity contribution >= 4 is 35.8 Å². The molecule has 0 radical (unpaired) electrons. The van der Waals surface area contributed by atoms with Gasteiger partial charge in [0.05, 0.1) is 0 Å². The van der Waals surface area contributed by atoms with Crippen LogP contribution < -0.4 is 10.6 Å². The van der Waals surface area contributed by atoms with Crippen molar-refractivity contribution < 1.29 is 4.79 Å². The molecule has 0 unspecified atom stereocenters. The predicted octanol–water partition coefficient (Wildman–Crippen LogP) is 2.69. The van der Waals surface area contributed by atoms with Crippen molar-refractivity contribution in [3.8, 4) is 0 Å². The van der Waals surface area contributed by atoms with Crippen molar-refractivity contribution in [3.05, 3.63) is 30.1 Å². The lowest BCUT2D eigenvalue weighted by atomic mass is 10.1. The molecule has 0 atom stereocenters. The lowest BCUT2D eigenvalue weighted by Gasteiger charge is -2.17. The number of amides is 1. The average Bonchev–Trinajstić information content (AvgIpc) is 2.61. The average molecular weight is 475 g/mol. The van der Waals surface area contributed by atoms with Gasteiger partial charge >= 0.3 is 0 Å². The van der Waals surface area contributed by atoms with Crippen molar-refractivity contribution in [2.75, 3.05) is 33.2 Å². The van der Waals surface area contributed by atoms with Crippen LogP contribution in [-0.2, 0) is 11.2 Å². The molecule has 0 aromatic carbocycles. The monoisotopic (exact) mass is 475 g/mol. The zero-order valence-electron chi connectivity index (χ0n) is 16.5. The highest BCUT2D eigenvalue weighted by molar-refractivity contribution is 14.0. The molecule has 1 aromatic heterocycles. The molecule has 6 nitrogen and oxygen atoms in total. The van der Waals surface area contributed by atoms with Crippen molar-refractivity contribution in [2.45, 2.75) is 40.0 Å². The number of guanidine groups is 1. The highest BCUT2D eigenvalue weighted by Gasteiger charge is 2.09. The van der Waals surface area contributed by atoms with Crippen LogP contribution in [0.5, 0.6) is 0 Å². The summed E-state index contributed by atoms with van der Waals surface area (Å²) in [5, 5.41) is 6.47. The molecule has 1 heterocycles. The molecule has 0 bridgehead atoms. The van der Waals surface area contributed by atoms with Crippen molar-refractivity contribution in [3.63, 3.8) is 0 Å². The molecular weight excluding hydrogens is 441 g/mol. The van der Waals surface area contributed by atoms with E-state index in [0.717, 1.165) is 31.6 Å². The van der Waals surface area contributed by atoms with Crippen LogP contribution in [0.4, 0.5) is 0 Å². The minimum absolute atomic E-state index is 0. The molecule has 0 aliphatic carbocycles. The van der Waals surface area contributed by atoms with E-state index in [2.05, 4.69) is 34.5 Å². The van der Waals surface area contributed by atoms with Gasteiger partial charge in [0, 0.05) is 45.0 Å². The second kappa shape index (κ2) is 14.8. The SMILES string of the molecule is CCNC(=NCC(=O)N(C)CCc1ccccn1)NCCCC(C)C.I. The number of hydrogen-bond donors (Lipinski definition) is 2. The Morgan fingerprint density at radius 1 is 1.31 bits per heavy atom. The van der Waals surface area contributed by atoms with E-state index in [1.165, 1.54) is 6.42 Å². The van der Waals surface area contributed by atoms with E-state index in [1.54, 1.807) is 11.1 Å². The van der Waals surface area contributed by atoms with Crippen molar-refractivity contribution in [2.24, 2.45) is 10.9 Å². The Kier molecular flexibility index (Phi) is 14.0. The fourth-order valence-corrected chi connectivity index (χ4v) is 2.28. The molecule has 26 heavy (non-hydrogen) atoms. The summed E-state index contributed by atoms with van der Waals surface area (Å²) >= 11 is 0. The zero-order valence-corrected chi connectivity index (χ0v) is 18.8. The fraction of sp³-hybridized carbons (Fsp3) is 0.632. The summed E-state index contributed by atoms with van der Waals surface area (Å²) in [7, 11) is 1.81. The predicted molar refractivity (Wildman–Crippen MR) is 119 cm³/mol. The van der Waals surface area contributed by atoms with Crippen molar-refractivity contribution in [1.82, 2.24) is 20.5 Å². The van der Waals surface area contributed by atoms with Gasteiger partial charge in [-0.15, -0.1) is 24.0 Å². The normalized spacial score (nSPS) is 11.0. The molecule has 0 spiro atoms. The van der Waals surface area contributed by atoms with Gasteiger partial charge in [-0.1, -0.05) is 19.9 Å². The maximum absolute atomic E-state index is 12.2. The second-order valence-electron chi connectivity index (χ2n) is 6.54. The number of carbonyl (C=O) groups is 1. The first-order valence-electron chi connectivity index (χ1n) is 9.19. The van der Waals surface area contributed by atoms with Gasteiger partial charge in [-0.3, -0.25) is 9.78 Å². The van der Waals surface area contributed by atoms with Crippen LogP contribution in [0, 0.1) is 5.92 Å². The molecule has 0 saturated carbocycles. The Morgan fingerprint density at radius 3 is 2.69 bits per heavy atom. The number of halogens is 1. The van der Waals surface area contributed by atoms with Crippen LogP contribution in [0.2, 0.25) is 0 Å². The first kappa shape index (κ1) is 24.6. The molecule has 1 amide bonds. The number of nitrogens with one attached hydrogen (secondary N) is 2. The van der Waals surface area contributed by atoms with E-state index in [9.17, 15) is 4.79 Å². The van der Waals surface area contributed by atoms with Gasteiger partial charge < -0.3 is 15.5 Å². The number of carbonyl (C=O) groups excluding carboxylic acids is 1. The van der Waals surface area contributed by atoms with Crippen LogP contribution in [0.3, 0.4) is 0 Å². The Morgan fingerprint density at radius 2 is 2.08 bits per heavy atom. The van der Waals surface area contributed by atoms with E-state index < -0.39 is 0 Å². The Labute approximate surface area is 175 Å². The molecular formula is C19H34IN5O. The summed E-state index contributed by atoms with van der Waals surface area (Å²) in [5.74, 6) is 1.42. The third-order valence-electron chi connectivity index (χ3n) is 3.82. The number of rotatable bonds is 10. The van der Waals surface area contributed by atoms with Gasteiger partial charge in [0.1, 0.15) is 6.54 Å². The second-order valence-corrected chi connectivity index (χ2v) is 6.54. The molecule has 0 saturated heterocycles. The van der Waals surface area contributed by atoms with Crippen LogP contribution >= 0.6 is 24.0 Å². The molecule has 7 heteroatoms. The van der Waals surface area contributed by atoms with Gasteiger partial charge in [-0.25, -0.2) is 4.99 Å². The van der Waals surface area contributed by atoms with E-state index in [1.807, 2.05) is 32.2 Å². The third kappa shape index (κ3) is 11.3. The minimum atomic E-state index is 0. The zero-order chi connectivity index (χ0) is 18.5. The number of likely N-dealkylation sites (N-methyl/N-ethyl adjacent to an activating group) is 1. The quantitative estimate of drug-likeness (QED) is 0.236. The molecule has 2 N–H and O–H groups in total. The van der Waals surface area contributed by atoms with Gasteiger partial charge in [0.2, 0.25) is 5.91 Å². The van der Waals surface area contributed by atoms with E-state index >= 15 is 0 Å². The van der Waals surface area contributed by atoms with Gasteiger partial charge in [-0.2, -0.15) is 0 Å². The smallest absolute Gasteiger partial charge is 0.244 e. The Bertz CT molecular complexity index is 522. The molecule has 0 aliphatic heterocycles. The van der Waals surface area contributed by atoms with E-state index in [4.69, 9.17) is 0 Å². The summed E-state index contributed by atoms with van der Waals surface area (Å²) in [6.45, 7) is 8.90. The first-order chi connectivity index (χ1) is 12.0. The lowest BCUT2D eigenvalue weighted by Crippen LogP contribution is -2.39. The minimum Gasteiger partial charge on any atom is -0.357 e. The molecule has 1 rings (SSSR count). The number of pyridine rings is 1. The highest BCUT2D eigenvalue weighted by Crippen LogP contribution is 2.01. The molecule has 1 aromatic rings. The van der Waals surface area contributed by atoms with Gasteiger partial charge in [0.25, 0.3) is 0 Å². The lowest BCUT2D eigenvalue weighted by molar-refractivity contribution is -0.128. The number of nitrogens with zero attached hydrogens (tertiary/aromatic N) is 3. The Balaban J connectivity index is 0.00000625. The maximum Gasteiger partial charge on any atom is 0.244 e. The topological polar surface area (TPSA) is 69.6 Å². The number of aliphatic imine (C=N–C) groups is 1.